The molecule has 62 valence electrons. The summed E-state index contributed by atoms with van der Waals surface area (Å²) in [4.78, 5) is 14.5. The van der Waals surface area contributed by atoms with E-state index in [1.54, 1.807) is 12.3 Å². The molecule has 0 radical (unpaired) electrons. The molecule has 0 aromatic carbocycles. The third-order valence-corrected chi connectivity index (χ3v) is 1.28. The fourth-order valence-corrected chi connectivity index (χ4v) is 0.694. The highest BCUT2D eigenvalue weighted by atomic mass is 16.2. The van der Waals surface area contributed by atoms with Gasteiger partial charge in [-0.2, -0.15) is 0 Å². The summed E-state index contributed by atoms with van der Waals surface area (Å²) in [5.41, 5.74) is 6.18. The van der Waals surface area contributed by atoms with Gasteiger partial charge in [-0.3, -0.25) is 15.6 Å². The predicted molar refractivity (Wildman–Crippen MR) is 49.9 cm³/mol. The summed E-state index contributed by atoms with van der Waals surface area (Å²) >= 11 is 0. The van der Waals surface area contributed by atoms with Gasteiger partial charge in [-0.15, -0.1) is 0 Å². The lowest BCUT2D eigenvalue weighted by Crippen LogP contribution is -2.27. The Labute approximate surface area is 71.8 Å². The molecule has 0 aliphatic carbocycles. The molecule has 5 heteroatoms. The molecule has 1 amide bonds. The van der Waals surface area contributed by atoms with Crippen molar-refractivity contribution >= 4 is 25.0 Å². The summed E-state index contributed by atoms with van der Waals surface area (Å²) in [7, 11) is 1.95. The zero-order valence-electron chi connectivity index (χ0n) is 7.09. The SMILES string of the molecule is Bc1ccc(NNC(C)=O)nc1. The van der Waals surface area contributed by atoms with Crippen molar-refractivity contribution in [3.63, 3.8) is 0 Å². The average molecular weight is 163 g/mol. The molecule has 1 aromatic rings. The Kier molecular flexibility index (Phi) is 2.69. The highest BCUT2D eigenvalue weighted by Crippen LogP contribution is 1.94. The molecular weight excluding hydrogens is 153 g/mol. The second-order valence-electron chi connectivity index (χ2n) is 2.53. The van der Waals surface area contributed by atoms with Crippen LogP contribution in [0.1, 0.15) is 6.92 Å². The number of hydrogen-bond acceptors (Lipinski definition) is 3. The minimum Gasteiger partial charge on any atom is -0.282 e. The molecule has 0 aliphatic rings. The Morgan fingerprint density at radius 2 is 2.33 bits per heavy atom. The maximum Gasteiger partial charge on any atom is 0.235 e. The van der Waals surface area contributed by atoms with Gasteiger partial charge in [0.25, 0.3) is 0 Å². The van der Waals surface area contributed by atoms with Crippen molar-refractivity contribution in [3.05, 3.63) is 18.3 Å². The van der Waals surface area contributed by atoms with E-state index in [0.29, 0.717) is 5.82 Å². The van der Waals surface area contributed by atoms with Gasteiger partial charge in [-0.1, -0.05) is 11.5 Å². The molecule has 0 saturated carbocycles. The molecule has 0 fully saturated rings. The van der Waals surface area contributed by atoms with Crippen LogP contribution in [0.3, 0.4) is 0 Å². The first-order valence-electron chi connectivity index (χ1n) is 3.64. The standard InChI is InChI=1S/C7H10BN3O/c1-5(12)10-11-7-3-2-6(8)4-9-7/h2-4H,8H2,1H3,(H,9,11)(H,10,12). The number of hydrogen-bond donors (Lipinski definition) is 2. The number of anilines is 1. The molecule has 0 saturated heterocycles. The number of hydrazine groups is 1. The van der Waals surface area contributed by atoms with Crippen molar-refractivity contribution in [1.82, 2.24) is 10.4 Å². The second kappa shape index (κ2) is 3.76. The monoisotopic (exact) mass is 163 g/mol. The third-order valence-electron chi connectivity index (χ3n) is 1.28. The molecule has 1 heterocycles. The first-order chi connectivity index (χ1) is 5.68. The molecule has 1 rings (SSSR count). The number of aromatic nitrogens is 1. The van der Waals surface area contributed by atoms with E-state index in [-0.39, 0.29) is 5.91 Å². The molecule has 0 unspecified atom stereocenters. The average Bonchev–Trinajstić information content (AvgIpc) is 2.03. The zero-order valence-corrected chi connectivity index (χ0v) is 7.09. The van der Waals surface area contributed by atoms with Crippen LogP contribution in [0.4, 0.5) is 5.82 Å². The molecule has 2 N–H and O–H groups in total. The fraction of sp³-hybridized carbons (Fsp3) is 0.143. The minimum atomic E-state index is -0.141. The summed E-state index contributed by atoms with van der Waals surface area (Å²) in [5.74, 6) is 0.494. The van der Waals surface area contributed by atoms with Crippen molar-refractivity contribution in [2.24, 2.45) is 0 Å². The molecule has 4 nitrogen and oxygen atoms in total. The summed E-state index contributed by atoms with van der Waals surface area (Å²) in [6.07, 6.45) is 1.73. The Morgan fingerprint density at radius 3 is 2.83 bits per heavy atom. The van der Waals surface area contributed by atoms with E-state index in [9.17, 15) is 4.79 Å². The normalized spacial score (nSPS) is 9.08. The summed E-state index contributed by atoms with van der Waals surface area (Å²) in [6.45, 7) is 1.43. The zero-order chi connectivity index (χ0) is 8.97. The number of carbonyl (C=O) groups excluding carboxylic acids is 1. The highest BCUT2D eigenvalue weighted by Gasteiger charge is 1.92. The Morgan fingerprint density at radius 1 is 1.58 bits per heavy atom. The van der Waals surface area contributed by atoms with E-state index in [2.05, 4.69) is 15.8 Å². The first kappa shape index (κ1) is 8.58. The summed E-state index contributed by atoms with van der Waals surface area (Å²) in [6, 6.07) is 3.71. The van der Waals surface area contributed by atoms with Crippen LogP contribution in [0.15, 0.2) is 18.3 Å². The molecule has 0 bridgehead atoms. The van der Waals surface area contributed by atoms with Gasteiger partial charge in [0, 0.05) is 13.1 Å². The number of amides is 1. The van der Waals surface area contributed by atoms with E-state index >= 15 is 0 Å². The number of carbonyl (C=O) groups is 1. The number of rotatable bonds is 2. The van der Waals surface area contributed by atoms with Gasteiger partial charge in [0.15, 0.2) is 0 Å². The molecule has 0 aliphatic heterocycles. The van der Waals surface area contributed by atoms with E-state index in [1.165, 1.54) is 6.92 Å². The van der Waals surface area contributed by atoms with Crippen LogP contribution in [0.5, 0.6) is 0 Å². The highest BCUT2D eigenvalue weighted by molar-refractivity contribution is 6.32. The van der Waals surface area contributed by atoms with Gasteiger partial charge in [-0.05, 0) is 6.07 Å². The lowest BCUT2D eigenvalue weighted by molar-refractivity contribution is -0.118. The van der Waals surface area contributed by atoms with Gasteiger partial charge in [-0.25, -0.2) is 4.98 Å². The van der Waals surface area contributed by atoms with Crippen molar-refractivity contribution in [2.45, 2.75) is 6.92 Å². The molecular formula is C7H10BN3O. The van der Waals surface area contributed by atoms with Crippen LogP contribution in [0.25, 0.3) is 0 Å². The van der Waals surface area contributed by atoms with Crippen LogP contribution in [-0.4, -0.2) is 18.7 Å². The summed E-state index contributed by atoms with van der Waals surface area (Å²) in [5, 5.41) is 0. The largest absolute Gasteiger partial charge is 0.282 e. The van der Waals surface area contributed by atoms with Crippen LogP contribution in [0, 0.1) is 0 Å². The second-order valence-corrected chi connectivity index (χ2v) is 2.53. The van der Waals surface area contributed by atoms with Crippen LogP contribution in [0.2, 0.25) is 0 Å². The Balaban J connectivity index is 2.53. The van der Waals surface area contributed by atoms with E-state index in [1.807, 2.05) is 13.9 Å². The maximum absolute atomic E-state index is 10.5. The van der Waals surface area contributed by atoms with Crippen molar-refractivity contribution < 1.29 is 4.79 Å². The van der Waals surface area contributed by atoms with Crippen LogP contribution in [-0.2, 0) is 4.79 Å². The third kappa shape index (κ3) is 2.61. The maximum atomic E-state index is 10.5. The van der Waals surface area contributed by atoms with Gasteiger partial charge in [0.05, 0.1) is 0 Å². The smallest absolute Gasteiger partial charge is 0.235 e. The van der Waals surface area contributed by atoms with Crippen molar-refractivity contribution in [2.75, 3.05) is 5.43 Å². The lowest BCUT2D eigenvalue weighted by atomic mass is 9.99. The van der Waals surface area contributed by atoms with Crippen molar-refractivity contribution in [1.29, 1.82) is 0 Å². The quantitative estimate of drug-likeness (QED) is 0.425. The Bertz CT molecular complexity index is 272. The number of pyridine rings is 1. The molecule has 12 heavy (non-hydrogen) atoms. The van der Waals surface area contributed by atoms with Gasteiger partial charge >= 0.3 is 0 Å². The van der Waals surface area contributed by atoms with E-state index in [4.69, 9.17) is 0 Å². The van der Waals surface area contributed by atoms with Gasteiger partial charge in [0.2, 0.25) is 5.91 Å². The summed E-state index contributed by atoms with van der Waals surface area (Å²) < 4.78 is 0. The van der Waals surface area contributed by atoms with E-state index < -0.39 is 0 Å². The number of nitrogens with one attached hydrogen (secondary N) is 2. The molecule has 1 aromatic heterocycles. The number of nitrogens with zero attached hydrogens (tertiary/aromatic N) is 1. The minimum absolute atomic E-state index is 0.141. The molecule has 0 spiro atoms. The van der Waals surface area contributed by atoms with Gasteiger partial charge in [0.1, 0.15) is 13.7 Å². The predicted octanol–water partition coefficient (Wildman–Crippen LogP) is -1.20. The topological polar surface area (TPSA) is 54.0 Å². The molecule has 0 atom stereocenters. The lowest BCUT2D eigenvalue weighted by Gasteiger charge is -2.04. The van der Waals surface area contributed by atoms with E-state index in [0.717, 1.165) is 5.46 Å². The first-order valence-corrected chi connectivity index (χ1v) is 3.64. The van der Waals surface area contributed by atoms with Gasteiger partial charge < -0.3 is 0 Å². The fourth-order valence-electron chi connectivity index (χ4n) is 0.694. The van der Waals surface area contributed by atoms with Crippen LogP contribution < -0.4 is 16.3 Å². The van der Waals surface area contributed by atoms with Crippen LogP contribution >= 0.6 is 0 Å². The Hall–Kier alpha value is -1.52. The van der Waals surface area contributed by atoms with Crippen molar-refractivity contribution in [3.8, 4) is 0 Å².